The van der Waals surface area contributed by atoms with Gasteiger partial charge in [0.25, 0.3) is 0 Å². The van der Waals surface area contributed by atoms with Gasteiger partial charge in [-0.1, -0.05) is 18.2 Å². The van der Waals surface area contributed by atoms with E-state index in [2.05, 4.69) is 21.3 Å². The summed E-state index contributed by atoms with van der Waals surface area (Å²) in [5, 5.41) is 13.2. The highest BCUT2D eigenvalue weighted by Gasteiger charge is 2.21. The zero-order valence-corrected chi connectivity index (χ0v) is 14.3. The summed E-state index contributed by atoms with van der Waals surface area (Å²) in [6, 6.07) is 14.3. The van der Waals surface area contributed by atoms with Crippen LogP contribution in [0.1, 0.15) is 31.6 Å². The van der Waals surface area contributed by atoms with Crippen LogP contribution in [0, 0.1) is 0 Å². The van der Waals surface area contributed by atoms with Gasteiger partial charge in [0, 0.05) is 19.1 Å². The second-order valence-electron chi connectivity index (χ2n) is 6.20. The number of aliphatic hydroxyl groups is 1. The third-order valence-corrected chi connectivity index (χ3v) is 4.47. The topological polar surface area (TPSA) is 57.6 Å². The number of hydrogen-bond donors (Lipinski definition) is 2. The van der Waals surface area contributed by atoms with E-state index in [0.29, 0.717) is 11.7 Å². The number of benzene rings is 1. The Balaban J connectivity index is 1.60. The number of aromatic nitrogens is 1. The molecule has 1 fully saturated rings. The van der Waals surface area contributed by atoms with Crippen LogP contribution in [0.15, 0.2) is 42.5 Å². The fourth-order valence-electron chi connectivity index (χ4n) is 3.13. The molecule has 24 heavy (non-hydrogen) atoms. The average Bonchev–Trinajstić information content (AvgIpc) is 2.62. The van der Waals surface area contributed by atoms with Gasteiger partial charge in [-0.3, -0.25) is 0 Å². The maximum absolute atomic E-state index is 9.66. The number of hydrogen-bond acceptors (Lipinski definition) is 5. The number of para-hydroxylation sites is 2. The van der Waals surface area contributed by atoms with Crippen molar-refractivity contribution < 1.29 is 9.84 Å². The number of nitrogens with one attached hydrogen (secondary N) is 1. The second-order valence-corrected chi connectivity index (χ2v) is 6.20. The Morgan fingerprint density at radius 1 is 1.17 bits per heavy atom. The third kappa shape index (κ3) is 3.79. The lowest BCUT2D eigenvalue weighted by atomic mass is 10.0. The number of pyridine rings is 1. The van der Waals surface area contributed by atoms with E-state index in [1.165, 1.54) is 0 Å². The molecule has 1 saturated heterocycles. The molecule has 128 valence electrons. The van der Waals surface area contributed by atoms with Crippen LogP contribution < -0.4 is 15.0 Å². The van der Waals surface area contributed by atoms with Crippen molar-refractivity contribution >= 4 is 11.5 Å². The molecule has 1 atom stereocenters. The van der Waals surface area contributed by atoms with Gasteiger partial charge in [-0.15, -0.1) is 0 Å². The van der Waals surface area contributed by atoms with Crippen molar-refractivity contribution in [1.82, 2.24) is 4.98 Å². The highest BCUT2D eigenvalue weighted by molar-refractivity contribution is 5.58. The summed E-state index contributed by atoms with van der Waals surface area (Å²) in [4.78, 5) is 6.85. The fraction of sp³-hybridized carbons (Fsp3) is 0.421. The molecule has 2 aromatic rings. The minimum absolute atomic E-state index is 0.396. The molecule has 1 unspecified atom stereocenters. The standard InChI is InChI=1S/C19H25N3O2/c1-14(23)16-6-5-9-19(21-16)20-15-10-12-22(13-11-15)17-7-3-4-8-18(17)24-2/h3-9,14-15,23H,10-13H2,1-2H3,(H,20,21). The SMILES string of the molecule is COc1ccccc1N1CCC(Nc2cccc(C(C)O)n2)CC1. The lowest BCUT2D eigenvalue weighted by molar-refractivity contribution is 0.194. The van der Waals surface area contributed by atoms with E-state index in [4.69, 9.17) is 4.74 Å². The van der Waals surface area contributed by atoms with Crippen molar-refractivity contribution in [2.45, 2.75) is 31.9 Å². The van der Waals surface area contributed by atoms with Crippen LogP contribution in [0.25, 0.3) is 0 Å². The Hall–Kier alpha value is -2.27. The van der Waals surface area contributed by atoms with Crippen LogP contribution in [0.3, 0.4) is 0 Å². The number of anilines is 2. The van der Waals surface area contributed by atoms with Crippen LogP contribution in [0.4, 0.5) is 11.5 Å². The van der Waals surface area contributed by atoms with Gasteiger partial charge in [0.1, 0.15) is 11.6 Å². The minimum Gasteiger partial charge on any atom is -0.495 e. The largest absolute Gasteiger partial charge is 0.495 e. The lowest BCUT2D eigenvalue weighted by Gasteiger charge is -2.34. The van der Waals surface area contributed by atoms with E-state index in [1.54, 1.807) is 14.0 Å². The second kappa shape index (κ2) is 7.53. The minimum atomic E-state index is -0.542. The first-order valence-corrected chi connectivity index (χ1v) is 8.47. The number of aliphatic hydroxyl groups excluding tert-OH is 1. The lowest BCUT2D eigenvalue weighted by Crippen LogP contribution is -2.39. The highest BCUT2D eigenvalue weighted by Crippen LogP contribution is 2.30. The number of piperidine rings is 1. The van der Waals surface area contributed by atoms with Crippen LogP contribution in [0.2, 0.25) is 0 Å². The molecule has 0 bridgehead atoms. The van der Waals surface area contributed by atoms with Crippen molar-refractivity contribution in [1.29, 1.82) is 0 Å². The zero-order chi connectivity index (χ0) is 16.9. The Kier molecular flexibility index (Phi) is 5.20. The predicted octanol–water partition coefficient (Wildman–Crippen LogP) is 3.22. The summed E-state index contributed by atoms with van der Waals surface area (Å²) in [5.74, 6) is 1.76. The Labute approximate surface area is 143 Å². The van der Waals surface area contributed by atoms with Crippen LogP contribution in [-0.2, 0) is 0 Å². The zero-order valence-electron chi connectivity index (χ0n) is 14.3. The molecule has 0 amide bonds. The number of nitrogens with zero attached hydrogens (tertiary/aromatic N) is 2. The van der Waals surface area contributed by atoms with Crippen molar-refractivity contribution in [3.05, 3.63) is 48.2 Å². The normalized spacial score (nSPS) is 16.7. The van der Waals surface area contributed by atoms with E-state index in [9.17, 15) is 5.11 Å². The van der Waals surface area contributed by atoms with Gasteiger partial charge < -0.3 is 20.1 Å². The van der Waals surface area contributed by atoms with Gasteiger partial charge in [0.15, 0.2) is 0 Å². The Morgan fingerprint density at radius 2 is 1.92 bits per heavy atom. The molecule has 5 nitrogen and oxygen atoms in total. The molecule has 0 spiro atoms. The maximum atomic E-state index is 9.66. The van der Waals surface area contributed by atoms with Crippen LogP contribution in [-0.4, -0.2) is 36.3 Å². The summed E-state index contributed by atoms with van der Waals surface area (Å²) < 4.78 is 5.47. The van der Waals surface area contributed by atoms with Gasteiger partial charge >= 0.3 is 0 Å². The third-order valence-electron chi connectivity index (χ3n) is 4.47. The van der Waals surface area contributed by atoms with E-state index in [-0.39, 0.29) is 0 Å². The van der Waals surface area contributed by atoms with Gasteiger partial charge in [-0.25, -0.2) is 4.98 Å². The highest BCUT2D eigenvalue weighted by atomic mass is 16.5. The maximum Gasteiger partial charge on any atom is 0.142 e. The Bertz CT molecular complexity index is 667. The number of rotatable bonds is 5. The van der Waals surface area contributed by atoms with Gasteiger partial charge in [-0.2, -0.15) is 0 Å². The Morgan fingerprint density at radius 3 is 2.62 bits per heavy atom. The quantitative estimate of drug-likeness (QED) is 0.883. The molecule has 0 aliphatic carbocycles. The smallest absolute Gasteiger partial charge is 0.142 e. The summed E-state index contributed by atoms with van der Waals surface area (Å²) in [5.41, 5.74) is 1.86. The molecule has 2 N–H and O–H groups in total. The molecule has 1 aliphatic rings. The van der Waals surface area contributed by atoms with E-state index in [0.717, 1.165) is 43.2 Å². The molecule has 2 heterocycles. The van der Waals surface area contributed by atoms with Crippen molar-refractivity contribution in [2.75, 3.05) is 30.4 Å². The molecule has 1 aliphatic heterocycles. The number of ether oxygens (including phenoxy) is 1. The van der Waals surface area contributed by atoms with Gasteiger partial charge in [0.2, 0.25) is 0 Å². The molecule has 0 radical (unpaired) electrons. The van der Waals surface area contributed by atoms with Crippen molar-refractivity contribution in [2.24, 2.45) is 0 Å². The van der Waals surface area contributed by atoms with E-state index in [1.807, 2.05) is 36.4 Å². The molecule has 5 heteroatoms. The fourth-order valence-corrected chi connectivity index (χ4v) is 3.13. The molecular weight excluding hydrogens is 302 g/mol. The summed E-state index contributed by atoms with van der Waals surface area (Å²) in [7, 11) is 1.72. The molecule has 3 rings (SSSR count). The first-order chi connectivity index (χ1) is 11.7. The molecular formula is C19H25N3O2. The predicted molar refractivity (Wildman–Crippen MR) is 96.7 cm³/mol. The van der Waals surface area contributed by atoms with Gasteiger partial charge in [0.05, 0.1) is 24.6 Å². The van der Waals surface area contributed by atoms with Crippen LogP contribution in [0.5, 0.6) is 5.75 Å². The number of methoxy groups -OCH3 is 1. The molecule has 0 saturated carbocycles. The first-order valence-electron chi connectivity index (χ1n) is 8.47. The monoisotopic (exact) mass is 327 g/mol. The van der Waals surface area contributed by atoms with E-state index < -0.39 is 6.10 Å². The van der Waals surface area contributed by atoms with Gasteiger partial charge in [-0.05, 0) is 44.0 Å². The van der Waals surface area contributed by atoms with Crippen LogP contribution >= 0.6 is 0 Å². The summed E-state index contributed by atoms with van der Waals surface area (Å²) in [6.45, 7) is 3.69. The van der Waals surface area contributed by atoms with E-state index >= 15 is 0 Å². The summed E-state index contributed by atoms with van der Waals surface area (Å²) in [6.07, 6.45) is 1.54. The molecule has 1 aromatic heterocycles. The first kappa shape index (κ1) is 16.6. The molecule has 1 aromatic carbocycles. The van der Waals surface area contributed by atoms with Crippen molar-refractivity contribution in [3.63, 3.8) is 0 Å². The van der Waals surface area contributed by atoms with Crippen molar-refractivity contribution in [3.8, 4) is 5.75 Å². The summed E-state index contributed by atoms with van der Waals surface area (Å²) >= 11 is 0. The average molecular weight is 327 g/mol.